The molecule has 20 heavy (non-hydrogen) atoms. The van der Waals surface area contributed by atoms with E-state index in [-0.39, 0.29) is 17.9 Å². The molecule has 3 N–H and O–H groups in total. The Morgan fingerprint density at radius 3 is 2.55 bits per heavy atom. The van der Waals surface area contributed by atoms with Crippen LogP contribution in [0.15, 0.2) is 0 Å². The highest BCUT2D eigenvalue weighted by Gasteiger charge is 2.44. The maximum atomic E-state index is 12.7. The summed E-state index contributed by atoms with van der Waals surface area (Å²) in [5, 5.41) is 3.00. The van der Waals surface area contributed by atoms with E-state index < -0.39 is 5.54 Å². The molecule has 2 amide bonds. The lowest BCUT2D eigenvalue weighted by Gasteiger charge is -2.37. The van der Waals surface area contributed by atoms with E-state index in [0.29, 0.717) is 38.6 Å². The number of ether oxygens (including phenoxy) is 1. The maximum Gasteiger partial charge on any atom is 0.243 e. The Bertz CT molecular complexity index is 402. The Morgan fingerprint density at radius 2 is 1.90 bits per heavy atom. The van der Waals surface area contributed by atoms with Gasteiger partial charge in [-0.3, -0.25) is 9.59 Å². The van der Waals surface area contributed by atoms with Crippen LogP contribution in [0.25, 0.3) is 0 Å². The minimum Gasteiger partial charge on any atom is -0.381 e. The zero-order chi connectivity index (χ0) is 14.2. The molecule has 1 unspecified atom stereocenters. The van der Waals surface area contributed by atoms with Crippen LogP contribution in [0.3, 0.4) is 0 Å². The minimum atomic E-state index is -0.847. The highest BCUT2D eigenvalue weighted by atomic mass is 16.5. The monoisotopic (exact) mass is 281 g/mol. The molecular weight excluding hydrogens is 258 g/mol. The Hall–Kier alpha value is -1.14. The molecule has 112 valence electrons. The smallest absolute Gasteiger partial charge is 0.243 e. The van der Waals surface area contributed by atoms with Gasteiger partial charge in [-0.1, -0.05) is 0 Å². The van der Waals surface area contributed by atoms with Gasteiger partial charge in [0.25, 0.3) is 0 Å². The van der Waals surface area contributed by atoms with Crippen molar-refractivity contribution in [2.45, 2.75) is 56.1 Å². The van der Waals surface area contributed by atoms with Gasteiger partial charge in [-0.25, -0.2) is 0 Å². The van der Waals surface area contributed by atoms with Crippen LogP contribution in [0.4, 0.5) is 0 Å². The van der Waals surface area contributed by atoms with E-state index in [1.807, 2.05) is 0 Å². The van der Waals surface area contributed by atoms with Gasteiger partial charge in [0.15, 0.2) is 0 Å². The van der Waals surface area contributed by atoms with E-state index in [9.17, 15) is 9.59 Å². The number of carbonyl (C=O) groups is 2. The van der Waals surface area contributed by atoms with Gasteiger partial charge in [0.1, 0.15) is 6.04 Å². The predicted molar refractivity (Wildman–Crippen MR) is 72.9 cm³/mol. The Labute approximate surface area is 119 Å². The van der Waals surface area contributed by atoms with Gasteiger partial charge in [-0.2, -0.15) is 0 Å². The molecule has 0 aromatic heterocycles. The van der Waals surface area contributed by atoms with E-state index in [1.165, 1.54) is 0 Å². The topological polar surface area (TPSA) is 84.7 Å². The van der Waals surface area contributed by atoms with Gasteiger partial charge >= 0.3 is 0 Å². The van der Waals surface area contributed by atoms with E-state index >= 15 is 0 Å². The number of likely N-dealkylation sites (tertiary alicyclic amines) is 1. The molecule has 0 aromatic rings. The summed E-state index contributed by atoms with van der Waals surface area (Å²) in [6, 6.07) is 0.00124. The molecule has 0 radical (unpaired) electrons. The molecule has 1 aliphatic carbocycles. The second-order valence-corrected chi connectivity index (χ2v) is 6.21. The van der Waals surface area contributed by atoms with Crippen molar-refractivity contribution in [3.05, 3.63) is 0 Å². The fourth-order valence-electron chi connectivity index (χ4n) is 3.04. The number of hydrogen-bond donors (Lipinski definition) is 2. The molecule has 3 aliphatic rings. The molecule has 2 heterocycles. The van der Waals surface area contributed by atoms with Crippen LogP contribution in [-0.4, -0.2) is 54.1 Å². The van der Waals surface area contributed by atoms with Crippen molar-refractivity contribution in [2.24, 2.45) is 5.73 Å². The van der Waals surface area contributed by atoms with Crippen molar-refractivity contribution >= 4 is 11.8 Å². The molecule has 3 rings (SSSR count). The van der Waals surface area contributed by atoms with Crippen molar-refractivity contribution in [2.75, 3.05) is 19.8 Å². The highest BCUT2D eigenvalue weighted by molar-refractivity contribution is 5.92. The Balaban J connectivity index is 1.67. The van der Waals surface area contributed by atoms with Crippen molar-refractivity contribution in [3.8, 4) is 0 Å². The largest absolute Gasteiger partial charge is 0.381 e. The first-order valence-corrected chi connectivity index (χ1v) is 7.58. The van der Waals surface area contributed by atoms with Crippen LogP contribution in [0.5, 0.6) is 0 Å². The summed E-state index contributed by atoms with van der Waals surface area (Å²) in [5.74, 6) is -0.0803. The van der Waals surface area contributed by atoms with Crippen molar-refractivity contribution in [1.82, 2.24) is 10.2 Å². The van der Waals surface area contributed by atoms with Gasteiger partial charge in [0.05, 0.1) is 5.54 Å². The SMILES string of the molecule is NC1(C(=O)N2CCCC2C(=O)NC2CC2)CCOCC1. The molecule has 1 atom stereocenters. The van der Waals surface area contributed by atoms with Crippen molar-refractivity contribution in [3.63, 3.8) is 0 Å². The molecule has 1 saturated carbocycles. The third-order valence-corrected chi connectivity index (χ3v) is 4.55. The van der Waals surface area contributed by atoms with E-state index in [1.54, 1.807) is 4.90 Å². The van der Waals surface area contributed by atoms with Gasteiger partial charge in [-0.15, -0.1) is 0 Å². The third-order valence-electron chi connectivity index (χ3n) is 4.55. The van der Waals surface area contributed by atoms with Gasteiger partial charge in [0.2, 0.25) is 11.8 Å². The molecule has 6 heteroatoms. The Kier molecular flexibility index (Phi) is 3.69. The van der Waals surface area contributed by atoms with Crippen LogP contribution in [0.2, 0.25) is 0 Å². The summed E-state index contributed by atoms with van der Waals surface area (Å²) in [7, 11) is 0. The second kappa shape index (κ2) is 5.33. The Morgan fingerprint density at radius 1 is 1.20 bits per heavy atom. The minimum absolute atomic E-state index is 0.00555. The van der Waals surface area contributed by atoms with E-state index in [4.69, 9.17) is 10.5 Å². The van der Waals surface area contributed by atoms with Crippen LogP contribution in [0.1, 0.15) is 38.5 Å². The molecule has 2 aliphatic heterocycles. The number of nitrogens with two attached hydrogens (primary N) is 1. The van der Waals surface area contributed by atoms with Gasteiger partial charge in [-0.05, 0) is 38.5 Å². The average molecular weight is 281 g/mol. The van der Waals surface area contributed by atoms with Crippen LogP contribution in [0, 0.1) is 0 Å². The predicted octanol–water partition coefficient (Wildman–Crippen LogP) is -0.236. The maximum absolute atomic E-state index is 12.7. The molecule has 3 fully saturated rings. The standard InChI is InChI=1S/C14H23N3O3/c15-14(5-8-20-9-6-14)13(19)17-7-1-2-11(17)12(18)16-10-3-4-10/h10-11H,1-9,15H2,(H,16,18). The van der Waals surface area contributed by atoms with Crippen molar-refractivity contribution in [1.29, 1.82) is 0 Å². The molecule has 0 aromatic carbocycles. The fraction of sp³-hybridized carbons (Fsp3) is 0.857. The fourth-order valence-corrected chi connectivity index (χ4v) is 3.04. The van der Waals surface area contributed by atoms with Crippen LogP contribution >= 0.6 is 0 Å². The lowest BCUT2D eigenvalue weighted by Crippen LogP contribution is -2.60. The second-order valence-electron chi connectivity index (χ2n) is 6.21. The number of nitrogens with one attached hydrogen (secondary N) is 1. The van der Waals surface area contributed by atoms with E-state index in [2.05, 4.69) is 5.32 Å². The molecule has 0 spiro atoms. The zero-order valence-electron chi connectivity index (χ0n) is 11.8. The first kappa shape index (κ1) is 13.8. The van der Waals surface area contributed by atoms with Crippen LogP contribution in [-0.2, 0) is 14.3 Å². The molecule has 0 bridgehead atoms. The number of nitrogens with zero attached hydrogens (tertiary/aromatic N) is 1. The van der Waals surface area contributed by atoms with Gasteiger partial charge in [0, 0.05) is 25.8 Å². The van der Waals surface area contributed by atoms with Crippen molar-refractivity contribution < 1.29 is 14.3 Å². The number of hydrogen-bond acceptors (Lipinski definition) is 4. The summed E-state index contributed by atoms with van der Waals surface area (Å²) >= 11 is 0. The summed E-state index contributed by atoms with van der Waals surface area (Å²) in [6.07, 6.45) is 4.83. The highest BCUT2D eigenvalue weighted by Crippen LogP contribution is 2.27. The number of rotatable bonds is 3. The lowest BCUT2D eigenvalue weighted by atomic mass is 9.89. The zero-order valence-corrected chi connectivity index (χ0v) is 11.8. The molecule has 2 saturated heterocycles. The first-order valence-electron chi connectivity index (χ1n) is 7.58. The first-order chi connectivity index (χ1) is 9.60. The summed E-state index contributed by atoms with van der Waals surface area (Å²) < 4.78 is 5.28. The number of amides is 2. The average Bonchev–Trinajstić information content (AvgIpc) is 3.11. The lowest BCUT2D eigenvalue weighted by molar-refractivity contribution is -0.145. The quantitative estimate of drug-likeness (QED) is 0.748. The third kappa shape index (κ3) is 2.67. The normalized spacial score (nSPS) is 29.2. The molecular formula is C14H23N3O3. The number of carbonyl (C=O) groups excluding carboxylic acids is 2. The summed E-state index contributed by atoms with van der Waals surface area (Å²) in [5.41, 5.74) is 5.41. The van der Waals surface area contributed by atoms with Crippen LogP contribution < -0.4 is 11.1 Å². The summed E-state index contributed by atoms with van der Waals surface area (Å²) in [6.45, 7) is 1.69. The van der Waals surface area contributed by atoms with E-state index in [0.717, 1.165) is 25.7 Å². The van der Waals surface area contributed by atoms with Gasteiger partial charge < -0.3 is 20.7 Å². The molecule has 6 nitrogen and oxygen atoms in total. The summed E-state index contributed by atoms with van der Waals surface area (Å²) in [4.78, 5) is 26.6.